The van der Waals surface area contributed by atoms with Crippen LogP contribution in [0, 0.1) is 6.92 Å². The number of ether oxygens (including phenoxy) is 1. The Morgan fingerprint density at radius 2 is 1.90 bits per heavy atom. The lowest BCUT2D eigenvalue weighted by Gasteiger charge is -2.36. The molecule has 3 heteroatoms. The van der Waals surface area contributed by atoms with Crippen LogP contribution in [0.2, 0.25) is 5.02 Å². The standard InChI is InChI=1S/C18H20ClNO/c1-5-21-12-6-7-13-15(10-12)20-16-9-11(2)8-14(19)17(16)18(13,3)4/h6-10,20H,5H2,1-4H3. The molecule has 0 fully saturated rings. The third-order valence-corrected chi connectivity index (χ3v) is 4.40. The van der Waals surface area contributed by atoms with Gasteiger partial charge in [-0.25, -0.2) is 0 Å². The lowest BCUT2D eigenvalue weighted by molar-refractivity contribution is 0.340. The largest absolute Gasteiger partial charge is 0.494 e. The molecule has 0 unspecified atom stereocenters. The van der Waals surface area contributed by atoms with E-state index < -0.39 is 0 Å². The molecule has 0 amide bonds. The summed E-state index contributed by atoms with van der Waals surface area (Å²) in [6.45, 7) is 9.16. The van der Waals surface area contributed by atoms with Crippen molar-refractivity contribution in [3.05, 3.63) is 52.0 Å². The van der Waals surface area contributed by atoms with Crippen LogP contribution in [0.5, 0.6) is 5.75 Å². The summed E-state index contributed by atoms with van der Waals surface area (Å²) in [7, 11) is 0. The molecule has 1 aliphatic heterocycles. The molecule has 1 heterocycles. The van der Waals surface area contributed by atoms with Crippen molar-refractivity contribution in [3.63, 3.8) is 0 Å². The molecule has 0 atom stereocenters. The van der Waals surface area contributed by atoms with Crippen molar-refractivity contribution in [1.82, 2.24) is 0 Å². The number of aryl methyl sites for hydroxylation is 1. The number of hydrogen-bond acceptors (Lipinski definition) is 2. The first-order valence-corrected chi connectivity index (χ1v) is 7.66. The van der Waals surface area contributed by atoms with Crippen LogP contribution in [-0.2, 0) is 5.41 Å². The van der Waals surface area contributed by atoms with E-state index in [0.29, 0.717) is 6.61 Å². The molecule has 0 saturated carbocycles. The van der Waals surface area contributed by atoms with Crippen LogP contribution in [0.15, 0.2) is 30.3 Å². The Kier molecular flexibility index (Phi) is 3.37. The maximum atomic E-state index is 6.51. The van der Waals surface area contributed by atoms with Gasteiger partial charge in [0.2, 0.25) is 0 Å². The first-order valence-electron chi connectivity index (χ1n) is 7.28. The zero-order chi connectivity index (χ0) is 15.2. The Hall–Kier alpha value is -1.67. The predicted molar refractivity (Wildman–Crippen MR) is 89.2 cm³/mol. The molecular formula is C18H20ClNO. The molecule has 0 saturated heterocycles. The minimum absolute atomic E-state index is 0.133. The fourth-order valence-electron chi connectivity index (χ4n) is 3.18. The Bertz CT molecular complexity index is 707. The number of anilines is 2. The molecule has 3 rings (SSSR count). The highest BCUT2D eigenvalue weighted by molar-refractivity contribution is 6.32. The van der Waals surface area contributed by atoms with E-state index in [9.17, 15) is 0 Å². The van der Waals surface area contributed by atoms with Gasteiger partial charge in [-0.15, -0.1) is 0 Å². The second-order valence-corrected chi connectivity index (χ2v) is 6.47. The summed E-state index contributed by atoms with van der Waals surface area (Å²) in [6, 6.07) is 10.4. The van der Waals surface area contributed by atoms with Crippen molar-refractivity contribution in [2.45, 2.75) is 33.1 Å². The van der Waals surface area contributed by atoms with E-state index in [1.807, 2.05) is 19.1 Å². The quantitative estimate of drug-likeness (QED) is 0.798. The molecule has 0 aliphatic carbocycles. The molecule has 1 aliphatic rings. The van der Waals surface area contributed by atoms with E-state index in [-0.39, 0.29) is 5.41 Å². The van der Waals surface area contributed by atoms with Crippen LogP contribution in [0.25, 0.3) is 0 Å². The molecule has 2 nitrogen and oxygen atoms in total. The number of benzene rings is 2. The summed E-state index contributed by atoms with van der Waals surface area (Å²) in [6.07, 6.45) is 0. The van der Waals surface area contributed by atoms with Crippen LogP contribution in [0.4, 0.5) is 11.4 Å². The van der Waals surface area contributed by atoms with E-state index in [1.165, 1.54) is 5.56 Å². The SMILES string of the molecule is CCOc1ccc2c(c1)Nc1cc(C)cc(Cl)c1C2(C)C. The van der Waals surface area contributed by atoms with E-state index in [1.54, 1.807) is 0 Å². The summed E-state index contributed by atoms with van der Waals surface area (Å²) in [5.41, 5.74) is 5.61. The highest BCUT2D eigenvalue weighted by atomic mass is 35.5. The lowest BCUT2D eigenvalue weighted by atomic mass is 9.74. The average molecular weight is 302 g/mol. The second kappa shape index (κ2) is 4.96. The highest BCUT2D eigenvalue weighted by Gasteiger charge is 2.34. The van der Waals surface area contributed by atoms with E-state index in [0.717, 1.165) is 33.3 Å². The van der Waals surface area contributed by atoms with E-state index in [4.69, 9.17) is 16.3 Å². The molecule has 110 valence electrons. The molecule has 0 bridgehead atoms. The topological polar surface area (TPSA) is 21.3 Å². The summed E-state index contributed by atoms with van der Waals surface area (Å²) >= 11 is 6.51. The third kappa shape index (κ3) is 2.28. The molecular weight excluding hydrogens is 282 g/mol. The van der Waals surface area contributed by atoms with Gasteiger partial charge >= 0.3 is 0 Å². The van der Waals surface area contributed by atoms with Gasteiger partial charge in [-0.05, 0) is 43.2 Å². The van der Waals surface area contributed by atoms with Gasteiger partial charge < -0.3 is 10.1 Å². The summed E-state index contributed by atoms with van der Waals surface area (Å²) < 4.78 is 5.61. The number of hydrogen-bond donors (Lipinski definition) is 1. The first kappa shape index (κ1) is 14.3. The van der Waals surface area contributed by atoms with Gasteiger partial charge in [-0.3, -0.25) is 0 Å². The molecule has 21 heavy (non-hydrogen) atoms. The van der Waals surface area contributed by atoms with Crippen LogP contribution in [0.1, 0.15) is 37.5 Å². The summed E-state index contributed by atoms with van der Waals surface area (Å²) in [5.74, 6) is 0.891. The fourth-order valence-corrected chi connectivity index (χ4v) is 3.69. The van der Waals surface area contributed by atoms with Crippen molar-refractivity contribution >= 4 is 23.0 Å². The highest BCUT2D eigenvalue weighted by Crippen LogP contribution is 2.49. The molecule has 2 aromatic rings. The Labute approximate surface area is 131 Å². The van der Waals surface area contributed by atoms with Crippen molar-refractivity contribution in [2.75, 3.05) is 11.9 Å². The lowest BCUT2D eigenvalue weighted by Crippen LogP contribution is -2.26. The van der Waals surface area contributed by atoms with Gasteiger partial charge in [-0.1, -0.05) is 31.5 Å². The van der Waals surface area contributed by atoms with Crippen LogP contribution >= 0.6 is 11.6 Å². The van der Waals surface area contributed by atoms with Gasteiger partial charge in [-0.2, -0.15) is 0 Å². The van der Waals surface area contributed by atoms with Crippen LogP contribution in [-0.4, -0.2) is 6.61 Å². The normalized spacial score (nSPS) is 14.9. The van der Waals surface area contributed by atoms with Gasteiger partial charge in [0.25, 0.3) is 0 Å². The Morgan fingerprint density at radius 3 is 2.62 bits per heavy atom. The van der Waals surface area contributed by atoms with Crippen molar-refractivity contribution in [1.29, 1.82) is 0 Å². The van der Waals surface area contributed by atoms with Crippen molar-refractivity contribution in [3.8, 4) is 5.75 Å². The van der Waals surface area contributed by atoms with Gasteiger partial charge in [0.1, 0.15) is 5.75 Å². The molecule has 0 spiro atoms. The van der Waals surface area contributed by atoms with Gasteiger partial charge in [0.05, 0.1) is 6.61 Å². The second-order valence-electron chi connectivity index (χ2n) is 6.06. The average Bonchev–Trinajstić information content (AvgIpc) is 2.37. The fraction of sp³-hybridized carbons (Fsp3) is 0.333. The number of nitrogens with one attached hydrogen (secondary N) is 1. The number of fused-ring (bicyclic) bond motifs is 2. The zero-order valence-corrected chi connectivity index (χ0v) is 13.6. The maximum absolute atomic E-state index is 6.51. The smallest absolute Gasteiger partial charge is 0.121 e. The minimum atomic E-state index is -0.133. The minimum Gasteiger partial charge on any atom is -0.494 e. The van der Waals surface area contributed by atoms with E-state index in [2.05, 4.69) is 44.3 Å². The zero-order valence-electron chi connectivity index (χ0n) is 12.9. The maximum Gasteiger partial charge on any atom is 0.121 e. The summed E-state index contributed by atoms with van der Waals surface area (Å²) in [5, 5.41) is 4.33. The van der Waals surface area contributed by atoms with Gasteiger partial charge in [0.15, 0.2) is 0 Å². The van der Waals surface area contributed by atoms with Crippen molar-refractivity contribution in [2.24, 2.45) is 0 Å². The number of rotatable bonds is 2. The third-order valence-electron chi connectivity index (χ3n) is 4.10. The Balaban J connectivity index is 2.18. The van der Waals surface area contributed by atoms with E-state index >= 15 is 0 Å². The van der Waals surface area contributed by atoms with Crippen LogP contribution < -0.4 is 10.1 Å². The first-order chi connectivity index (χ1) is 9.93. The Morgan fingerprint density at radius 1 is 1.14 bits per heavy atom. The molecule has 2 aromatic carbocycles. The molecule has 0 radical (unpaired) electrons. The monoisotopic (exact) mass is 301 g/mol. The van der Waals surface area contributed by atoms with Crippen molar-refractivity contribution < 1.29 is 4.74 Å². The molecule has 0 aromatic heterocycles. The van der Waals surface area contributed by atoms with Crippen LogP contribution in [0.3, 0.4) is 0 Å². The van der Waals surface area contributed by atoms with Gasteiger partial charge in [0, 0.05) is 33.4 Å². The predicted octanol–water partition coefficient (Wildman–Crippen LogP) is 5.43. The number of halogens is 1. The summed E-state index contributed by atoms with van der Waals surface area (Å²) in [4.78, 5) is 0. The molecule has 1 N–H and O–H groups in total.